The Morgan fingerprint density at radius 3 is 1.79 bits per heavy atom. The average molecular weight is 623 g/mol. The summed E-state index contributed by atoms with van der Waals surface area (Å²) in [5, 5.41) is 1.33. The molecule has 6 aromatic carbocycles. The van der Waals surface area contributed by atoms with Crippen molar-refractivity contribution in [2.24, 2.45) is 0 Å². The lowest BCUT2D eigenvalue weighted by atomic mass is 9.82. The Hall–Kier alpha value is -5.60. The van der Waals surface area contributed by atoms with Crippen molar-refractivity contribution in [2.75, 3.05) is 4.90 Å². The predicted octanol–water partition coefficient (Wildman–Crippen LogP) is 12.7. The molecule has 0 spiro atoms. The number of anilines is 2. The van der Waals surface area contributed by atoms with Crippen LogP contribution in [0.15, 0.2) is 164 Å². The minimum absolute atomic E-state index is 0.196. The smallest absolute Gasteiger partial charge is 0.0637 e. The van der Waals surface area contributed by atoms with Gasteiger partial charge >= 0.3 is 0 Å². The van der Waals surface area contributed by atoms with Crippen molar-refractivity contribution < 1.29 is 0 Å². The van der Waals surface area contributed by atoms with Crippen LogP contribution >= 0.6 is 0 Å². The van der Waals surface area contributed by atoms with E-state index in [0.717, 1.165) is 0 Å². The molecular formula is C46H42N2. The number of rotatable bonds is 4. The lowest BCUT2D eigenvalue weighted by Gasteiger charge is -2.31. The van der Waals surface area contributed by atoms with Gasteiger partial charge in [-0.25, -0.2) is 0 Å². The van der Waals surface area contributed by atoms with E-state index in [-0.39, 0.29) is 12.0 Å². The van der Waals surface area contributed by atoms with Gasteiger partial charge in [0.25, 0.3) is 0 Å². The van der Waals surface area contributed by atoms with Crippen LogP contribution in [-0.2, 0) is 0 Å². The maximum atomic E-state index is 2.54. The van der Waals surface area contributed by atoms with E-state index in [1.165, 1.54) is 67.0 Å². The highest BCUT2D eigenvalue weighted by atomic mass is 15.2. The first kappa shape index (κ1) is 31.0. The van der Waals surface area contributed by atoms with Crippen LogP contribution in [0.25, 0.3) is 44.9 Å². The van der Waals surface area contributed by atoms with Gasteiger partial charge in [0.2, 0.25) is 0 Å². The van der Waals surface area contributed by atoms with Gasteiger partial charge in [0.15, 0.2) is 0 Å². The third-order valence-electron chi connectivity index (χ3n) is 9.35. The summed E-state index contributed by atoms with van der Waals surface area (Å²) < 4.78 is 2.43. The minimum Gasteiger partial charge on any atom is -0.333 e. The normalized spacial score (nSPS) is 15.4. The number of aromatic nitrogens is 1. The van der Waals surface area contributed by atoms with Gasteiger partial charge < -0.3 is 9.47 Å². The topological polar surface area (TPSA) is 8.17 Å². The van der Waals surface area contributed by atoms with Crippen LogP contribution in [0.2, 0.25) is 0 Å². The van der Waals surface area contributed by atoms with Gasteiger partial charge in [0, 0.05) is 28.4 Å². The van der Waals surface area contributed by atoms with Crippen molar-refractivity contribution in [1.29, 1.82) is 0 Å². The third kappa shape index (κ3) is 5.24. The van der Waals surface area contributed by atoms with Gasteiger partial charge in [0.05, 0.1) is 17.3 Å². The van der Waals surface area contributed by atoms with Crippen LogP contribution < -0.4 is 4.90 Å². The first-order chi connectivity index (χ1) is 23.8. The maximum absolute atomic E-state index is 2.54. The Kier molecular flexibility index (Phi) is 8.81. The van der Waals surface area contributed by atoms with E-state index in [2.05, 4.69) is 179 Å². The van der Waals surface area contributed by atoms with E-state index in [1.54, 1.807) is 0 Å². The number of para-hydroxylation sites is 3. The largest absolute Gasteiger partial charge is 0.333 e. The van der Waals surface area contributed by atoms with Crippen LogP contribution in [0.5, 0.6) is 0 Å². The Bertz CT molecular complexity index is 2170. The summed E-state index contributed by atoms with van der Waals surface area (Å²) in [5.74, 6) is 0.239. The summed E-state index contributed by atoms with van der Waals surface area (Å²) in [6.45, 7) is 8.00. The predicted molar refractivity (Wildman–Crippen MR) is 207 cm³/mol. The van der Waals surface area contributed by atoms with Crippen LogP contribution in [0.3, 0.4) is 0 Å². The quantitative estimate of drug-likeness (QED) is 0.190. The highest BCUT2D eigenvalue weighted by molar-refractivity contribution is 5.94. The Morgan fingerprint density at radius 1 is 0.479 bits per heavy atom. The van der Waals surface area contributed by atoms with Crippen LogP contribution in [-0.4, -0.2) is 10.6 Å². The molecule has 48 heavy (non-hydrogen) atoms. The van der Waals surface area contributed by atoms with Gasteiger partial charge in [-0.15, -0.1) is 0 Å². The fraction of sp³-hybridized carbons (Fsp3) is 0.130. The van der Waals surface area contributed by atoms with E-state index in [1.807, 2.05) is 27.7 Å². The molecule has 0 amide bonds. The van der Waals surface area contributed by atoms with Gasteiger partial charge in [-0.2, -0.15) is 0 Å². The number of benzene rings is 6. The second-order valence-electron chi connectivity index (χ2n) is 11.7. The fourth-order valence-corrected chi connectivity index (χ4v) is 7.44. The summed E-state index contributed by atoms with van der Waals surface area (Å²) in [7, 11) is 0. The highest BCUT2D eigenvalue weighted by Gasteiger charge is 2.43. The van der Waals surface area contributed by atoms with Crippen LogP contribution in [0, 0.1) is 0 Å². The lowest BCUT2D eigenvalue weighted by Crippen LogP contribution is -2.30. The molecule has 9 rings (SSSR count). The molecule has 0 saturated carbocycles. The van der Waals surface area contributed by atoms with Crippen molar-refractivity contribution >= 4 is 28.4 Å². The van der Waals surface area contributed by atoms with Gasteiger partial charge in [-0.1, -0.05) is 149 Å². The lowest BCUT2D eigenvalue weighted by molar-refractivity contribution is 0.725. The molecule has 0 N–H and O–H groups in total. The molecule has 2 aliphatic rings. The third-order valence-corrected chi connectivity index (χ3v) is 9.35. The molecule has 0 radical (unpaired) electrons. The molecule has 2 nitrogen and oxygen atoms in total. The zero-order valence-electron chi connectivity index (χ0n) is 28.2. The van der Waals surface area contributed by atoms with E-state index in [0.29, 0.717) is 0 Å². The molecule has 2 atom stereocenters. The van der Waals surface area contributed by atoms with Crippen molar-refractivity contribution in [3.63, 3.8) is 0 Å². The monoisotopic (exact) mass is 622 g/mol. The number of hydrogen-bond acceptors (Lipinski definition) is 1. The molecule has 2 unspecified atom stereocenters. The van der Waals surface area contributed by atoms with Crippen molar-refractivity contribution in [3.8, 4) is 27.9 Å². The molecule has 1 aliphatic carbocycles. The molecule has 7 aromatic rings. The van der Waals surface area contributed by atoms with E-state index >= 15 is 0 Å². The summed E-state index contributed by atoms with van der Waals surface area (Å²) in [6, 6.07) is 57.4. The van der Waals surface area contributed by atoms with Crippen molar-refractivity contribution in [2.45, 2.75) is 39.7 Å². The molecule has 0 saturated heterocycles. The van der Waals surface area contributed by atoms with Crippen molar-refractivity contribution in [1.82, 2.24) is 4.57 Å². The molecule has 236 valence electrons. The molecule has 1 aromatic heterocycles. The van der Waals surface area contributed by atoms with Crippen LogP contribution in [0.1, 0.15) is 50.4 Å². The van der Waals surface area contributed by atoms with E-state index in [4.69, 9.17) is 0 Å². The molecule has 0 bridgehead atoms. The van der Waals surface area contributed by atoms with Gasteiger partial charge in [-0.05, 0) is 81.9 Å². The first-order valence-electron chi connectivity index (χ1n) is 17.4. The molecule has 2 heterocycles. The number of hydrogen-bond donors (Lipinski definition) is 0. The van der Waals surface area contributed by atoms with E-state index < -0.39 is 0 Å². The zero-order chi connectivity index (χ0) is 33.0. The Morgan fingerprint density at radius 2 is 1.06 bits per heavy atom. The zero-order valence-corrected chi connectivity index (χ0v) is 28.2. The standard InChI is InChI=1S/C42H30N2.2C2H6/c1-3-12-29(13-4-1)31-14-11-15-32(28-31)30-22-24-34(25-23-30)44-38-21-10-8-19-36(38)42-40(44)27-26-39-41(42)35-18-7-9-20-37(35)43(39)33-16-5-2-6-17-33;2*1-2/h1-28,40,42H;2*1-2H3. The highest BCUT2D eigenvalue weighted by Crippen LogP contribution is 2.53. The number of fused-ring (bicyclic) bond motifs is 7. The Labute approximate surface area is 285 Å². The molecule has 0 fully saturated rings. The summed E-state index contributed by atoms with van der Waals surface area (Å²) in [5.41, 5.74) is 14.0. The minimum atomic E-state index is 0.196. The SMILES string of the molecule is C1=CC2C(c3ccccc3N2c2ccc(-c3cccc(-c4ccccc4)c3)cc2)c2c1n(-c1ccccc1)c1ccccc21.CC.CC. The van der Waals surface area contributed by atoms with Crippen molar-refractivity contribution in [3.05, 3.63) is 181 Å². The van der Waals surface area contributed by atoms with Gasteiger partial charge in [0.1, 0.15) is 0 Å². The second kappa shape index (κ2) is 13.6. The van der Waals surface area contributed by atoms with Crippen LogP contribution in [0.4, 0.5) is 11.4 Å². The second-order valence-corrected chi connectivity index (χ2v) is 11.7. The average Bonchev–Trinajstić information content (AvgIpc) is 3.70. The first-order valence-corrected chi connectivity index (χ1v) is 17.4. The molecule has 2 heteroatoms. The maximum Gasteiger partial charge on any atom is 0.0637 e. The summed E-state index contributed by atoms with van der Waals surface area (Å²) >= 11 is 0. The van der Waals surface area contributed by atoms with E-state index in [9.17, 15) is 0 Å². The number of nitrogens with zero attached hydrogens (tertiary/aromatic N) is 2. The fourth-order valence-electron chi connectivity index (χ4n) is 7.44. The summed E-state index contributed by atoms with van der Waals surface area (Å²) in [6.07, 6.45) is 4.77. The molecule has 1 aliphatic heterocycles. The van der Waals surface area contributed by atoms with Gasteiger partial charge in [-0.3, -0.25) is 0 Å². The Balaban J connectivity index is 0.000000880. The summed E-state index contributed by atoms with van der Waals surface area (Å²) in [4.78, 5) is 2.54. The molecular weight excluding hydrogens is 581 g/mol.